The van der Waals surface area contributed by atoms with Crippen LogP contribution in [-0.4, -0.2) is 33.2 Å². The molecule has 1 saturated carbocycles. The van der Waals surface area contributed by atoms with Crippen LogP contribution in [0, 0.1) is 5.41 Å². The van der Waals surface area contributed by atoms with Crippen molar-refractivity contribution in [1.29, 1.82) is 0 Å². The zero-order chi connectivity index (χ0) is 13.9. The fourth-order valence-corrected chi connectivity index (χ4v) is 2.65. The second-order valence-electron chi connectivity index (χ2n) is 5.40. The molecule has 1 aromatic rings. The molecule has 0 heterocycles. The third-order valence-electron chi connectivity index (χ3n) is 3.92. The van der Waals surface area contributed by atoms with Crippen LogP contribution in [-0.2, 0) is 4.74 Å². The standard InChI is InChI=1S/C15H22N2O2/c1-17(11-15(7-8-15)9-10-16)13-6-4-3-5-12(13)14(18)19-2/h3-6H,7-11,16H2,1-2H3. The summed E-state index contributed by atoms with van der Waals surface area (Å²) in [5.41, 5.74) is 7.58. The Kier molecular flexibility index (Phi) is 4.10. The summed E-state index contributed by atoms with van der Waals surface area (Å²) in [6.45, 7) is 1.67. The molecule has 2 N–H and O–H groups in total. The highest BCUT2D eigenvalue weighted by molar-refractivity contribution is 5.95. The predicted molar refractivity (Wildman–Crippen MR) is 76.4 cm³/mol. The summed E-state index contributed by atoms with van der Waals surface area (Å²) in [5.74, 6) is -0.286. The molecule has 0 aromatic heterocycles. The van der Waals surface area contributed by atoms with Gasteiger partial charge in [0.05, 0.1) is 18.4 Å². The van der Waals surface area contributed by atoms with Crippen molar-refractivity contribution in [3.8, 4) is 0 Å². The number of rotatable bonds is 6. The molecule has 1 aliphatic carbocycles. The lowest BCUT2D eigenvalue weighted by Gasteiger charge is -2.26. The van der Waals surface area contributed by atoms with E-state index in [9.17, 15) is 4.79 Å². The monoisotopic (exact) mass is 262 g/mol. The van der Waals surface area contributed by atoms with E-state index in [-0.39, 0.29) is 5.97 Å². The van der Waals surface area contributed by atoms with E-state index >= 15 is 0 Å². The molecular formula is C15H22N2O2. The lowest BCUT2D eigenvalue weighted by Crippen LogP contribution is -2.29. The number of nitrogens with zero attached hydrogens (tertiary/aromatic N) is 1. The molecule has 4 heteroatoms. The average molecular weight is 262 g/mol. The number of nitrogens with two attached hydrogens (primary N) is 1. The van der Waals surface area contributed by atoms with Gasteiger partial charge in [-0.15, -0.1) is 0 Å². The third-order valence-corrected chi connectivity index (χ3v) is 3.92. The first kappa shape index (κ1) is 13.9. The van der Waals surface area contributed by atoms with Gasteiger partial charge in [-0.05, 0) is 43.4 Å². The number of para-hydroxylation sites is 1. The largest absolute Gasteiger partial charge is 0.465 e. The zero-order valence-corrected chi connectivity index (χ0v) is 11.7. The number of anilines is 1. The van der Waals surface area contributed by atoms with Crippen molar-refractivity contribution < 1.29 is 9.53 Å². The summed E-state index contributed by atoms with van der Waals surface area (Å²) in [7, 11) is 3.44. The molecule has 0 aliphatic heterocycles. The quantitative estimate of drug-likeness (QED) is 0.797. The predicted octanol–water partition coefficient (Wildman–Crippen LogP) is 2.04. The van der Waals surface area contributed by atoms with Gasteiger partial charge in [0.2, 0.25) is 0 Å². The second kappa shape index (κ2) is 5.61. The van der Waals surface area contributed by atoms with Crippen molar-refractivity contribution in [1.82, 2.24) is 0 Å². The maximum Gasteiger partial charge on any atom is 0.339 e. The molecule has 0 radical (unpaired) electrons. The lowest BCUT2D eigenvalue weighted by molar-refractivity contribution is 0.0601. The first-order chi connectivity index (χ1) is 9.12. The van der Waals surface area contributed by atoms with Crippen molar-refractivity contribution >= 4 is 11.7 Å². The Morgan fingerprint density at radius 1 is 1.42 bits per heavy atom. The van der Waals surface area contributed by atoms with E-state index in [1.165, 1.54) is 20.0 Å². The van der Waals surface area contributed by atoms with Crippen LogP contribution in [0.3, 0.4) is 0 Å². The first-order valence-corrected chi connectivity index (χ1v) is 6.70. The summed E-state index contributed by atoms with van der Waals surface area (Å²) in [6.07, 6.45) is 3.52. The Bertz CT molecular complexity index is 455. The average Bonchev–Trinajstić information content (AvgIpc) is 3.17. The van der Waals surface area contributed by atoms with Crippen LogP contribution in [0.5, 0.6) is 0 Å². The van der Waals surface area contributed by atoms with E-state index in [1.807, 2.05) is 25.2 Å². The van der Waals surface area contributed by atoms with Gasteiger partial charge in [0.1, 0.15) is 0 Å². The fraction of sp³-hybridized carbons (Fsp3) is 0.533. The highest BCUT2D eigenvalue weighted by Crippen LogP contribution is 2.49. The maximum absolute atomic E-state index is 11.8. The van der Waals surface area contributed by atoms with Gasteiger partial charge in [0.15, 0.2) is 0 Å². The van der Waals surface area contributed by atoms with E-state index in [0.29, 0.717) is 11.0 Å². The van der Waals surface area contributed by atoms with E-state index in [1.54, 1.807) is 6.07 Å². The van der Waals surface area contributed by atoms with Gasteiger partial charge < -0.3 is 15.4 Å². The van der Waals surface area contributed by atoms with Crippen molar-refractivity contribution in [2.75, 3.05) is 32.1 Å². The van der Waals surface area contributed by atoms with Crippen LogP contribution in [0.15, 0.2) is 24.3 Å². The van der Waals surface area contributed by atoms with Crippen molar-refractivity contribution in [2.45, 2.75) is 19.3 Å². The number of hydrogen-bond donors (Lipinski definition) is 1. The van der Waals surface area contributed by atoms with Crippen LogP contribution in [0.1, 0.15) is 29.6 Å². The molecule has 4 nitrogen and oxygen atoms in total. The first-order valence-electron chi connectivity index (χ1n) is 6.70. The molecule has 0 saturated heterocycles. The van der Waals surface area contributed by atoms with Gasteiger partial charge in [-0.3, -0.25) is 0 Å². The van der Waals surface area contributed by atoms with Gasteiger partial charge in [0, 0.05) is 13.6 Å². The van der Waals surface area contributed by atoms with Crippen molar-refractivity contribution in [3.63, 3.8) is 0 Å². The summed E-state index contributed by atoms with van der Waals surface area (Å²) in [5, 5.41) is 0. The third kappa shape index (κ3) is 3.07. The molecule has 0 spiro atoms. The molecular weight excluding hydrogens is 240 g/mol. The molecule has 1 fully saturated rings. The Morgan fingerprint density at radius 3 is 2.68 bits per heavy atom. The van der Waals surface area contributed by atoms with Gasteiger partial charge in [-0.2, -0.15) is 0 Å². The molecule has 1 aromatic carbocycles. The number of ether oxygens (including phenoxy) is 1. The van der Waals surface area contributed by atoms with Gasteiger partial charge >= 0.3 is 5.97 Å². The van der Waals surface area contributed by atoms with Crippen LogP contribution >= 0.6 is 0 Å². The lowest BCUT2D eigenvalue weighted by atomic mass is 10.0. The van der Waals surface area contributed by atoms with Gasteiger partial charge in [-0.1, -0.05) is 12.1 Å². The summed E-state index contributed by atoms with van der Waals surface area (Å²) < 4.78 is 4.83. The number of esters is 1. The summed E-state index contributed by atoms with van der Waals surface area (Å²) in [6, 6.07) is 7.57. The Morgan fingerprint density at radius 2 is 2.11 bits per heavy atom. The molecule has 0 atom stereocenters. The minimum absolute atomic E-state index is 0.286. The summed E-state index contributed by atoms with van der Waals surface area (Å²) in [4.78, 5) is 13.9. The number of methoxy groups -OCH3 is 1. The van der Waals surface area contributed by atoms with Crippen LogP contribution < -0.4 is 10.6 Å². The van der Waals surface area contributed by atoms with Crippen molar-refractivity contribution in [3.05, 3.63) is 29.8 Å². The van der Waals surface area contributed by atoms with E-state index < -0.39 is 0 Å². The smallest absolute Gasteiger partial charge is 0.339 e. The molecule has 104 valence electrons. The number of carbonyl (C=O) groups excluding carboxylic acids is 1. The molecule has 2 rings (SSSR count). The number of hydrogen-bond acceptors (Lipinski definition) is 4. The highest BCUT2D eigenvalue weighted by atomic mass is 16.5. The SMILES string of the molecule is COC(=O)c1ccccc1N(C)CC1(CCN)CC1. The zero-order valence-electron chi connectivity index (χ0n) is 11.7. The fourth-order valence-electron chi connectivity index (χ4n) is 2.65. The number of benzene rings is 1. The summed E-state index contributed by atoms with van der Waals surface area (Å²) >= 11 is 0. The Labute approximate surface area is 114 Å². The maximum atomic E-state index is 11.8. The Hall–Kier alpha value is -1.55. The molecule has 1 aliphatic rings. The Balaban J connectivity index is 2.15. The van der Waals surface area contributed by atoms with E-state index in [4.69, 9.17) is 10.5 Å². The minimum Gasteiger partial charge on any atom is -0.465 e. The van der Waals surface area contributed by atoms with Crippen LogP contribution in [0.2, 0.25) is 0 Å². The van der Waals surface area contributed by atoms with Gasteiger partial charge in [-0.25, -0.2) is 4.79 Å². The highest BCUT2D eigenvalue weighted by Gasteiger charge is 2.42. The minimum atomic E-state index is -0.286. The topological polar surface area (TPSA) is 55.6 Å². The number of carbonyl (C=O) groups is 1. The van der Waals surface area contributed by atoms with E-state index in [0.717, 1.165) is 25.2 Å². The van der Waals surface area contributed by atoms with E-state index in [2.05, 4.69) is 4.90 Å². The van der Waals surface area contributed by atoms with Crippen LogP contribution in [0.25, 0.3) is 0 Å². The second-order valence-corrected chi connectivity index (χ2v) is 5.40. The normalized spacial score (nSPS) is 15.9. The van der Waals surface area contributed by atoms with Gasteiger partial charge in [0.25, 0.3) is 0 Å². The molecule has 19 heavy (non-hydrogen) atoms. The van der Waals surface area contributed by atoms with Crippen LogP contribution in [0.4, 0.5) is 5.69 Å². The van der Waals surface area contributed by atoms with Crippen molar-refractivity contribution in [2.24, 2.45) is 11.1 Å². The molecule has 0 amide bonds. The molecule has 0 unspecified atom stereocenters. The molecule has 0 bridgehead atoms.